The van der Waals surface area contributed by atoms with Gasteiger partial charge in [0, 0.05) is 56.9 Å². The van der Waals surface area contributed by atoms with Crippen LogP contribution >= 0.6 is 34.8 Å². The van der Waals surface area contributed by atoms with Crippen molar-refractivity contribution in [2.45, 2.75) is 32.0 Å². The van der Waals surface area contributed by atoms with Crippen molar-refractivity contribution in [2.24, 2.45) is 0 Å². The van der Waals surface area contributed by atoms with Crippen LogP contribution in [-0.2, 0) is 17.8 Å². The Morgan fingerprint density at radius 3 is 2.23 bits per heavy atom. The fourth-order valence-corrected chi connectivity index (χ4v) is 5.68. The third-order valence-electron chi connectivity index (χ3n) is 7.08. The lowest BCUT2D eigenvalue weighted by molar-refractivity contribution is 0.0364. The monoisotopic (exact) mass is 540 g/mol. The fourth-order valence-electron chi connectivity index (χ4n) is 5.13. The van der Waals surface area contributed by atoms with Crippen molar-refractivity contribution >= 4 is 45.8 Å². The number of fused-ring (bicyclic) bond motifs is 1. The highest BCUT2D eigenvalue weighted by Crippen LogP contribution is 2.32. The molecule has 0 radical (unpaired) electrons. The van der Waals surface area contributed by atoms with Gasteiger partial charge in [-0.05, 0) is 42.7 Å². The number of hydrogen-bond donors (Lipinski definition) is 0. The van der Waals surface area contributed by atoms with Crippen molar-refractivity contribution < 1.29 is 9.13 Å². The lowest BCUT2D eigenvalue weighted by atomic mass is 10.0. The number of morpholine rings is 1. The normalized spacial score (nSPS) is 18.5. The molecule has 0 spiro atoms. The number of imidazole rings is 1. The highest BCUT2D eigenvalue weighted by Gasteiger charge is 2.26. The SMILES string of the molecule is O=c1n(CCN2CCOCC2)c2cc(Cl)c(Cl)cc2n1C1CCN(Cc2ccc(F)cc2Cl)CC1. The van der Waals surface area contributed by atoms with Gasteiger partial charge in [-0.1, -0.05) is 40.9 Å². The molecule has 0 aliphatic carbocycles. The van der Waals surface area contributed by atoms with Crippen molar-refractivity contribution in [3.05, 3.63) is 67.3 Å². The molecule has 0 bridgehead atoms. The van der Waals surface area contributed by atoms with Gasteiger partial charge in [0.1, 0.15) is 5.82 Å². The summed E-state index contributed by atoms with van der Waals surface area (Å²) in [6.07, 6.45) is 1.64. The first kappa shape index (κ1) is 25.1. The zero-order chi connectivity index (χ0) is 24.5. The number of halogens is 4. The maximum atomic E-state index is 13.7. The Balaban J connectivity index is 1.36. The maximum absolute atomic E-state index is 13.7. The summed E-state index contributed by atoms with van der Waals surface area (Å²) in [7, 11) is 0. The first-order valence-electron chi connectivity index (χ1n) is 12.0. The largest absolute Gasteiger partial charge is 0.379 e. The van der Waals surface area contributed by atoms with Gasteiger partial charge in [-0.3, -0.25) is 18.9 Å². The van der Waals surface area contributed by atoms with Crippen LogP contribution in [0, 0.1) is 5.82 Å². The molecule has 0 N–H and O–H groups in total. The highest BCUT2D eigenvalue weighted by atomic mass is 35.5. The Morgan fingerprint density at radius 2 is 1.54 bits per heavy atom. The van der Waals surface area contributed by atoms with E-state index >= 15 is 0 Å². The minimum Gasteiger partial charge on any atom is -0.379 e. The average molecular weight is 542 g/mol. The number of benzene rings is 2. The molecule has 0 amide bonds. The van der Waals surface area contributed by atoms with Crippen molar-refractivity contribution in [2.75, 3.05) is 45.9 Å². The molecule has 0 unspecified atom stereocenters. The van der Waals surface area contributed by atoms with Gasteiger partial charge in [0.05, 0.1) is 34.3 Å². The van der Waals surface area contributed by atoms with E-state index in [1.807, 2.05) is 21.3 Å². The first-order chi connectivity index (χ1) is 16.9. The summed E-state index contributed by atoms with van der Waals surface area (Å²) >= 11 is 18.9. The molecule has 1 aromatic heterocycles. The van der Waals surface area contributed by atoms with E-state index in [2.05, 4.69) is 9.80 Å². The van der Waals surface area contributed by atoms with Gasteiger partial charge in [0.15, 0.2) is 0 Å². The number of likely N-dealkylation sites (tertiary alicyclic amines) is 1. The molecule has 2 fully saturated rings. The fraction of sp³-hybridized carbons (Fsp3) is 0.480. The van der Waals surface area contributed by atoms with E-state index in [0.29, 0.717) is 28.2 Å². The molecule has 2 aliphatic rings. The minimum absolute atomic E-state index is 0.0216. The van der Waals surface area contributed by atoms with Crippen LogP contribution in [0.3, 0.4) is 0 Å². The van der Waals surface area contributed by atoms with E-state index in [1.165, 1.54) is 12.1 Å². The van der Waals surface area contributed by atoms with E-state index in [-0.39, 0.29) is 17.5 Å². The second kappa shape index (κ2) is 10.8. The third-order valence-corrected chi connectivity index (χ3v) is 8.15. The van der Waals surface area contributed by atoms with Crippen molar-refractivity contribution in [3.8, 4) is 0 Å². The van der Waals surface area contributed by atoms with Crippen LogP contribution in [0.25, 0.3) is 11.0 Å². The molecule has 0 saturated carbocycles. The zero-order valence-electron chi connectivity index (χ0n) is 19.4. The Morgan fingerprint density at radius 1 is 0.857 bits per heavy atom. The van der Waals surface area contributed by atoms with E-state index in [9.17, 15) is 9.18 Å². The van der Waals surface area contributed by atoms with Crippen molar-refractivity contribution in [1.82, 2.24) is 18.9 Å². The Bertz CT molecular complexity index is 1260. The van der Waals surface area contributed by atoms with Crippen LogP contribution < -0.4 is 5.69 Å². The first-order valence-corrected chi connectivity index (χ1v) is 13.1. The summed E-state index contributed by atoms with van der Waals surface area (Å²) in [5.74, 6) is -0.333. The predicted octanol–water partition coefficient (Wildman–Crippen LogP) is 5.07. The van der Waals surface area contributed by atoms with Crippen LogP contribution in [0.2, 0.25) is 15.1 Å². The molecule has 3 heterocycles. The quantitative estimate of drug-likeness (QED) is 0.437. The lowest BCUT2D eigenvalue weighted by Gasteiger charge is -2.32. The standard InChI is InChI=1S/C25H28Cl3FN4O2/c26-20-13-18(29)2-1-17(20)16-31-5-3-19(4-6-31)33-24-15-22(28)21(27)14-23(24)32(25(33)34)8-7-30-9-11-35-12-10-30/h1-2,13-15,19H,3-12,16H2. The average Bonchev–Trinajstić information content (AvgIpc) is 3.11. The molecular formula is C25H28Cl3FN4O2. The zero-order valence-corrected chi connectivity index (χ0v) is 21.6. The summed E-state index contributed by atoms with van der Waals surface area (Å²) in [6.45, 7) is 6.83. The second-order valence-corrected chi connectivity index (χ2v) is 10.5. The van der Waals surface area contributed by atoms with Crippen LogP contribution in [0.1, 0.15) is 24.4 Å². The number of aromatic nitrogens is 2. The Labute approximate surface area is 218 Å². The van der Waals surface area contributed by atoms with Crippen LogP contribution in [0.4, 0.5) is 4.39 Å². The summed E-state index contributed by atoms with van der Waals surface area (Å²) in [4.78, 5) is 18.3. The van der Waals surface area contributed by atoms with E-state index in [1.54, 1.807) is 6.07 Å². The van der Waals surface area contributed by atoms with Crippen LogP contribution in [0.5, 0.6) is 0 Å². The summed E-state index contributed by atoms with van der Waals surface area (Å²) in [5.41, 5.74) is 2.53. The van der Waals surface area contributed by atoms with E-state index < -0.39 is 0 Å². The van der Waals surface area contributed by atoms with Gasteiger partial charge in [0.2, 0.25) is 0 Å². The van der Waals surface area contributed by atoms with Crippen molar-refractivity contribution in [3.63, 3.8) is 0 Å². The van der Waals surface area contributed by atoms with Gasteiger partial charge in [-0.25, -0.2) is 9.18 Å². The molecule has 3 aromatic rings. The molecule has 2 aromatic carbocycles. The number of rotatable bonds is 6. The van der Waals surface area contributed by atoms with Crippen LogP contribution in [-0.4, -0.2) is 64.9 Å². The Kier molecular flexibility index (Phi) is 7.72. The second-order valence-electron chi connectivity index (χ2n) is 9.26. The topological polar surface area (TPSA) is 42.6 Å². The molecule has 35 heavy (non-hydrogen) atoms. The summed E-state index contributed by atoms with van der Waals surface area (Å²) < 4.78 is 22.6. The molecule has 10 heteroatoms. The van der Waals surface area contributed by atoms with E-state index in [0.717, 1.165) is 75.4 Å². The predicted molar refractivity (Wildman–Crippen MR) is 138 cm³/mol. The maximum Gasteiger partial charge on any atom is 0.329 e. The Hall–Kier alpha value is -1.61. The van der Waals surface area contributed by atoms with Gasteiger partial charge in [-0.2, -0.15) is 0 Å². The molecule has 188 valence electrons. The number of nitrogens with zero attached hydrogens (tertiary/aromatic N) is 4. The molecular weight excluding hydrogens is 514 g/mol. The minimum atomic E-state index is -0.333. The smallest absolute Gasteiger partial charge is 0.329 e. The number of piperidine rings is 1. The van der Waals surface area contributed by atoms with E-state index in [4.69, 9.17) is 39.5 Å². The molecule has 2 aliphatic heterocycles. The third kappa shape index (κ3) is 5.41. The molecule has 2 saturated heterocycles. The summed E-state index contributed by atoms with van der Waals surface area (Å²) in [6, 6.07) is 8.21. The highest BCUT2D eigenvalue weighted by molar-refractivity contribution is 6.42. The molecule has 6 nitrogen and oxygen atoms in total. The van der Waals surface area contributed by atoms with Gasteiger partial charge in [0.25, 0.3) is 0 Å². The van der Waals surface area contributed by atoms with Crippen LogP contribution in [0.15, 0.2) is 35.1 Å². The van der Waals surface area contributed by atoms with Crippen molar-refractivity contribution in [1.29, 1.82) is 0 Å². The molecule has 0 atom stereocenters. The summed E-state index contributed by atoms with van der Waals surface area (Å²) in [5, 5.41) is 1.34. The number of hydrogen-bond acceptors (Lipinski definition) is 4. The van der Waals surface area contributed by atoms with Gasteiger partial charge < -0.3 is 4.74 Å². The lowest BCUT2D eigenvalue weighted by Crippen LogP contribution is -2.40. The van der Waals surface area contributed by atoms with Gasteiger partial charge >= 0.3 is 5.69 Å². The van der Waals surface area contributed by atoms with Gasteiger partial charge in [-0.15, -0.1) is 0 Å². The number of ether oxygens (including phenoxy) is 1. The molecule has 5 rings (SSSR count).